The van der Waals surface area contributed by atoms with Gasteiger partial charge in [-0.15, -0.1) is 0 Å². The van der Waals surface area contributed by atoms with Crippen LogP contribution in [0.2, 0.25) is 0 Å². The van der Waals surface area contributed by atoms with Crippen molar-refractivity contribution in [2.45, 2.75) is 33.6 Å². The van der Waals surface area contributed by atoms with Crippen molar-refractivity contribution in [1.29, 1.82) is 0 Å². The van der Waals surface area contributed by atoms with E-state index in [9.17, 15) is 4.79 Å². The van der Waals surface area contributed by atoms with E-state index in [1.54, 1.807) is 6.08 Å². The highest BCUT2D eigenvalue weighted by atomic mass is 16.1. The van der Waals surface area contributed by atoms with Crippen LogP contribution in [0.3, 0.4) is 0 Å². The molecule has 1 aliphatic rings. The summed E-state index contributed by atoms with van der Waals surface area (Å²) in [6, 6.07) is 0. The highest BCUT2D eigenvalue weighted by Gasteiger charge is 2.31. The van der Waals surface area contributed by atoms with Crippen molar-refractivity contribution in [2.24, 2.45) is 11.3 Å². The lowest BCUT2D eigenvalue weighted by Gasteiger charge is -2.34. The van der Waals surface area contributed by atoms with Crippen LogP contribution >= 0.6 is 0 Å². The number of nitrogens with one attached hydrogen (secondary N) is 1. The average Bonchev–Trinajstić information content (AvgIpc) is 2.12. The number of allylic oxidation sites excluding steroid dienone is 2. The van der Waals surface area contributed by atoms with Crippen LogP contribution < -0.4 is 5.32 Å². The normalized spacial score (nSPS) is 25.4. The van der Waals surface area contributed by atoms with E-state index in [2.05, 4.69) is 32.2 Å². The molecule has 0 spiro atoms. The molecule has 2 nitrogen and oxygen atoms in total. The summed E-state index contributed by atoms with van der Waals surface area (Å²) in [5.74, 6) is 0.721. The van der Waals surface area contributed by atoms with E-state index in [0.717, 1.165) is 19.5 Å². The van der Waals surface area contributed by atoms with E-state index in [1.165, 1.54) is 0 Å². The zero-order valence-electron chi connectivity index (χ0n) is 9.47. The SMILES string of the molecule is CCCNCC1CC(=O)C=CC1(C)C. The fourth-order valence-corrected chi connectivity index (χ4v) is 1.81. The second-order valence-corrected chi connectivity index (χ2v) is 4.73. The highest BCUT2D eigenvalue weighted by Crippen LogP contribution is 2.34. The fraction of sp³-hybridized carbons (Fsp3) is 0.750. The Morgan fingerprint density at radius 2 is 2.29 bits per heavy atom. The van der Waals surface area contributed by atoms with Gasteiger partial charge in [-0.2, -0.15) is 0 Å². The van der Waals surface area contributed by atoms with Gasteiger partial charge in [-0.3, -0.25) is 4.79 Å². The molecule has 0 bridgehead atoms. The molecule has 80 valence electrons. The number of carbonyl (C=O) groups is 1. The molecule has 14 heavy (non-hydrogen) atoms. The van der Waals surface area contributed by atoms with E-state index in [4.69, 9.17) is 0 Å². The predicted octanol–water partition coefficient (Wildman–Crippen LogP) is 2.16. The first-order valence-electron chi connectivity index (χ1n) is 5.49. The van der Waals surface area contributed by atoms with Crippen molar-refractivity contribution in [3.05, 3.63) is 12.2 Å². The minimum atomic E-state index is 0.161. The molecule has 0 aliphatic heterocycles. The van der Waals surface area contributed by atoms with Gasteiger partial charge in [0.25, 0.3) is 0 Å². The van der Waals surface area contributed by atoms with Gasteiger partial charge in [0.2, 0.25) is 0 Å². The monoisotopic (exact) mass is 195 g/mol. The quantitative estimate of drug-likeness (QED) is 0.696. The predicted molar refractivity (Wildman–Crippen MR) is 59.2 cm³/mol. The standard InChI is InChI=1S/C12H21NO/c1-4-7-13-9-10-8-11(14)5-6-12(10,2)3/h5-6,10,13H,4,7-9H2,1-3H3. The maximum atomic E-state index is 11.3. The van der Waals surface area contributed by atoms with Gasteiger partial charge in [-0.1, -0.05) is 26.8 Å². The summed E-state index contributed by atoms with van der Waals surface area (Å²) in [5, 5.41) is 3.39. The van der Waals surface area contributed by atoms with Crippen LogP contribution in [-0.2, 0) is 4.79 Å². The lowest BCUT2D eigenvalue weighted by molar-refractivity contribution is -0.116. The summed E-state index contributed by atoms with van der Waals surface area (Å²) in [6.45, 7) is 8.56. The molecule has 1 unspecified atom stereocenters. The lowest BCUT2D eigenvalue weighted by Crippen LogP contribution is -2.36. The number of rotatable bonds is 4. The maximum absolute atomic E-state index is 11.3. The Bertz CT molecular complexity index is 230. The van der Waals surface area contributed by atoms with Crippen molar-refractivity contribution in [3.8, 4) is 0 Å². The van der Waals surface area contributed by atoms with Crippen LogP contribution in [0.4, 0.5) is 0 Å². The molecule has 0 amide bonds. The minimum Gasteiger partial charge on any atom is -0.316 e. The Kier molecular flexibility index (Phi) is 3.87. The third-order valence-corrected chi connectivity index (χ3v) is 3.02. The van der Waals surface area contributed by atoms with Gasteiger partial charge in [0.05, 0.1) is 0 Å². The molecule has 1 atom stereocenters. The minimum absolute atomic E-state index is 0.161. The van der Waals surface area contributed by atoms with Gasteiger partial charge in [-0.25, -0.2) is 0 Å². The Hall–Kier alpha value is -0.630. The van der Waals surface area contributed by atoms with E-state index in [1.807, 2.05) is 0 Å². The molecular formula is C12H21NO. The first-order chi connectivity index (χ1) is 6.56. The molecule has 1 rings (SSSR count). The summed E-state index contributed by atoms with van der Waals surface area (Å²) in [4.78, 5) is 11.3. The molecule has 2 heteroatoms. The van der Waals surface area contributed by atoms with Gasteiger partial charge in [-0.05, 0) is 36.9 Å². The summed E-state index contributed by atoms with van der Waals surface area (Å²) in [6.07, 6.45) is 5.63. The molecule has 0 aromatic carbocycles. The number of hydrogen-bond donors (Lipinski definition) is 1. The first kappa shape index (κ1) is 11.4. The van der Waals surface area contributed by atoms with Crippen LogP contribution in [0.1, 0.15) is 33.6 Å². The van der Waals surface area contributed by atoms with E-state index in [-0.39, 0.29) is 11.2 Å². The van der Waals surface area contributed by atoms with Crippen molar-refractivity contribution in [3.63, 3.8) is 0 Å². The van der Waals surface area contributed by atoms with Gasteiger partial charge < -0.3 is 5.32 Å². The molecule has 0 aromatic rings. The third kappa shape index (κ3) is 2.95. The zero-order chi connectivity index (χ0) is 10.6. The van der Waals surface area contributed by atoms with E-state index >= 15 is 0 Å². The maximum Gasteiger partial charge on any atom is 0.155 e. The Morgan fingerprint density at radius 3 is 2.93 bits per heavy atom. The Balaban J connectivity index is 2.50. The second-order valence-electron chi connectivity index (χ2n) is 4.73. The van der Waals surface area contributed by atoms with Crippen LogP contribution in [-0.4, -0.2) is 18.9 Å². The molecule has 0 saturated carbocycles. The van der Waals surface area contributed by atoms with E-state index in [0.29, 0.717) is 12.3 Å². The molecule has 0 fully saturated rings. The molecular weight excluding hydrogens is 174 g/mol. The van der Waals surface area contributed by atoms with Gasteiger partial charge >= 0.3 is 0 Å². The van der Waals surface area contributed by atoms with Crippen molar-refractivity contribution in [1.82, 2.24) is 5.32 Å². The fourth-order valence-electron chi connectivity index (χ4n) is 1.81. The summed E-state index contributed by atoms with van der Waals surface area (Å²) >= 11 is 0. The summed E-state index contributed by atoms with van der Waals surface area (Å²) in [7, 11) is 0. The Morgan fingerprint density at radius 1 is 1.57 bits per heavy atom. The molecule has 1 N–H and O–H groups in total. The van der Waals surface area contributed by atoms with E-state index < -0.39 is 0 Å². The summed E-state index contributed by atoms with van der Waals surface area (Å²) in [5.41, 5.74) is 0.161. The smallest absolute Gasteiger partial charge is 0.155 e. The first-order valence-corrected chi connectivity index (χ1v) is 5.49. The van der Waals surface area contributed by atoms with Crippen LogP contribution in [0, 0.1) is 11.3 Å². The number of hydrogen-bond acceptors (Lipinski definition) is 2. The number of ketones is 1. The average molecular weight is 195 g/mol. The van der Waals surface area contributed by atoms with Crippen molar-refractivity contribution in [2.75, 3.05) is 13.1 Å². The highest BCUT2D eigenvalue weighted by molar-refractivity contribution is 5.90. The number of carbonyl (C=O) groups excluding carboxylic acids is 1. The third-order valence-electron chi connectivity index (χ3n) is 3.02. The van der Waals surface area contributed by atoms with Crippen molar-refractivity contribution >= 4 is 5.78 Å². The molecule has 0 aromatic heterocycles. The van der Waals surface area contributed by atoms with Crippen LogP contribution in [0.5, 0.6) is 0 Å². The van der Waals surface area contributed by atoms with Gasteiger partial charge in [0.1, 0.15) is 0 Å². The Labute approximate surface area is 86.8 Å². The topological polar surface area (TPSA) is 29.1 Å². The lowest BCUT2D eigenvalue weighted by atomic mass is 9.72. The van der Waals surface area contributed by atoms with Gasteiger partial charge in [0, 0.05) is 6.42 Å². The van der Waals surface area contributed by atoms with Crippen LogP contribution in [0.25, 0.3) is 0 Å². The largest absolute Gasteiger partial charge is 0.316 e. The van der Waals surface area contributed by atoms with Crippen molar-refractivity contribution < 1.29 is 4.79 Å². The zero-order valence-corrected chi connectivity index (χ0v) is 9.47. The molecule has 0 radical (unpaired) electrons. The molecule has 0 heterocycles. The molecule has 0 saturated heterocycles. The second kappa shape index (κ2) is 4.74. The summed E-state index contributed by atoms with van der Waals surface area (Å²) < 4.78 is 0. The van der Waals surface area contributed by atoms with Gasteiger partial charge in [0.15, 0.2) is 5.78 Å². The molecule has 1 aliphatic carbocycles. The van der Waals surface area contributed by atoms with Crippen LogP contribution in [0.15, 0.2) is 12.2 Å².